The van der Waals surface area contributed by atoms with E-state index in [-0.39, 0.29) is 22.8 Å². The van der Waals surface area contributed by atoms with Crippen LogP contribution in [0.1, 0.15) is 6.92 Å². The number of nitrogens with zero attached hydrogens (tertiary/aromatic N) is 4. The number of aromatic nitrogens is 1. The van der Waals surface area contributed by atoms with Crippen molar-refractivity contribution in [2.24, 2.45) is 0 Å². The monoisotopic (exact) mass is 554 g/mol. The third-order valence-corrected chi connectivity index (χ3v) is 6.79. The maximum atomic E-state index is 14.9. The van der Waals surface area contributed by atoms with E-state index in [1.807, 2.05) is 19.0 Å². The van der Waals surface area contributed by atoms with Gasteiger partial charge < -0.3 is 30.4 Å². The first kappa shape index (κ1) is 28.3. The average Bonchev–Trinajstić information content (AvgIpc) is 2.91. The Bertz CT molecular complexity index is 1360. The van der Waals surface area contributed by atoms with Crippen molar-refractivity contribution in [3.05, 3.63) is 53.4 Å². The zero-order chi connectivity index (χ0) is 28.1. The van der Waals surface area contributed by atoms with Gasteiger partial charge in [-0.15, -0.1) is 0 Å². The second-order valence-corrected chi connectivity index (χ2v) is 10.0. The van der Waals surface area contributed by atoms with Crippen LogP contribution < -0.4 is 20.4 Å². The van der Waals surface area contributed by atoms with Crippen LogP contribution in [0.3, 0.4) is 0 Å². The van der Waals surface area contributed by atoms with E-state index in [0.717, 1.165) is 19.5 Å². The second-order valence-electron chi connectivity index (χ2n) is 9.63. The van der Waals surface area contributed by atoms with Gasteiger partial charge in [-0.2, -0.15) is 0 Å². The summed E-state index contributed by atoms with van der Waals surface area (Å²) in [5, 5.41) is 17.6. The lowest BCUT2D eigenvalue weighted by Gasteiger charge is -2.31. The van der Waals surface area contributed by atoms with Crippen molar-refractivity contribution in [1.29, 1.82) is 0 Å². The maximum absolute atomic E-state index is 14.9. The Morgan fingerprint density at radius 3 is 2.46 bits per heavy atom. The Kier molecular flexibility index (Phi) is 9.01. The lowest BCUT2D eigenvalue weighted by atomic mass is 9.97. The van der Waals surface area contributed by atoms with Gasteiger partial charge >= 0.3 is 0 Å². The SMILES string of the molecule is CC(=O)Nc1ncc(-c2cc(F)cc(-c3ccc(N(C=O)CCN(C)C)c(Cl)c3)c2O)cc1N1CCNCC1. The van der Waals surface area contributed by atoms with E-state index >= 15 is 0 Å². The molecule has 4 rings (SSSR count). The van der Waals surface area contributed by atoms with Crippen LogP contribution in [0.2, 0.25) is 5.02 Å². The molecule has 1 saturated heterocycles. The number of rotatable bonds is 9. The second kappa shape index (κ2) is 12.4. The van der Waals surface area contributed by atoms with Crippen LogP contribution >= 0.6 is 11.6 Å². The van der Waals surface area contributed by atoms with Crippen molar-refractivity contribution in [1.82, 2.24) is 15.2 Å². The van der Waals surface area contributed by atoms with Gasteiger partial charge in [-0.05, 0) is 50.0 Å². The molecule has 0 saturated carbocycles. The molecular weight excluding hydrogens is 523 g/mol. The smallest absolute Gasteiger partial charge is 0.222 e. The fraction of sp³-hybridized carbons (Fsp3) is 0.321. The van der Waals surface area contributed by atoms with Crippen molar-refractivity contribution in [3.63, 3.8) is 0 Å². The van der Waals surface area contributed by atoms with Crippen molar-refractivity contribution in [3.8, 4) is 28.0 Å². The Morgan fingerprint density at radius 1 is 1.15 bits per heavy atom. The van der Waals surface area contributed by atoms with Crippen molar-refractivity contribution >= 4 is 41.1 Å². The summed E-state index contributed by atoms with van der Waals surface area (Å²) in [5.41, 5.74) is 2.70. The Hall–Kier alpha value is -3.73. The fourth-order valence-electron chi connectivity index (χ4n) is 4.49. The van der Waals surface area contributed by atoms with E-state index in [9.17, 15) is 19.1 Å². The minimum Gasteiger partial charge on any atom is -0.507 e. The summed E-state index contributed by atoms with van der Waals surface area (Å²) in [7, 11) is 3.82. The molecule has 0 atom stereocenters. The van der Waals surface area contributed by atoms with Crippen molar-refractivity contribution in [2.75, 3.05) is 68.5 Å². The predicted octanol–water partition coefficient (Wildman–Crippen LogP) is 3.81. The molecule has 2 aromatic carbocycles. The Morgan fingerprint density at radius 2 is 1.85 bits per heavy atom. The third kappa shape index (κ3) is 6.65. The molecule has 0 aliphatic carbocycles. The summed E-state index contributed by atoms with van der Waals surface area (Å²) in [6, 6.07) is 9.26. The van der Waals surface area contributed by atoms with Gasteiger partial charge in [0.2, 0.25) is 12.3 Å². The van der Waals surface area contributed by atoms with E-state index in [1.54, 1.807) is 24.3 Å². The zero-order valence-corrected chi connectivity index (χ0v) is 22.9. The number of anilines is 3. The molecular formula is C28H32ClFN6O3. The third-order valence-electron chi connectivity index (χ3n) is 6.49. The van der Waals surface area contributed by atoms with Crippen LogP contribution in [0, 0.1) is 5.82 Å². The number of likely N-dealkylation sites (N-methyl/N-ethyl adjacent to an activating group) is 1. The standard InChI is InChI=1S/C28H32ClFN6O3/c1-18(38)33-28-26(35-8-6-31-7-9-35)13-20(16-32-28)23-15-21(30)14-22(27(23)39)19-4-5-25(24(29)12-19)36(17-37)11-10-34(2)3/h4-5,12-17,31,39H,6-11H2,1-3H3,(H,32,33,38). The molecule has 0 spiro atoms. The Balaban J connectivity index is 1.74. The van der Waals surface area contributed by atoms with E-state index in [2.05, 4.69) is 20.5 Å². The first-order valence-corrected chi connectivity index (χ1v) is 13.0. The number of carbonyl (C=O) groups excluding carboxylic acids is 2. The van der Waals surface area contributed by atoms with Gasteiger partial charge in [-0.25, -0.2) is 9.37 Å². The van der Waals surface area contributed by atoms with E-state index in [0.29, 0.717) is 59.5 Å². The molecule has 1 aromatic heterocycles. The quantitative estimate of drug-likeness (QED) is 0.346. The number of pyridine rings is 1. The first-order chi connectivity index (χ1) is 18.7. The number of aromatic hydroxyl groups is 1. The molecule has 0 unspecified atom stereocenters. The number of phenols is 1. The molecule has 0 bridgehead atoms. The van der Waals surface area contributed by atoms with Gasteiger partial charge in [0.25, 0.3) is 0 Å². The number of hydrogen-bond acceptors (Lipinski definition) is 7. The summed E-state index contributed by atoms with van der Waals surface area (Å²) in [6.07, 6.45) is 2.22. The Labute approximate surface area is 232 Å². The molecule has 11 heteroatoms. The molecule has 2 heterocycles. The van der Waals surface area contributed by atoms with E-state index in [4.69, 9.17) is 11.6 Å². The normalized spacial score (nSPS) is 13.4. The predicted molar refractivity (Wildman–Crippen MR) is 153 cm³/mol. The highest BCUT2D eigenvalue weighted by Crippen LogP contribution is 2.42. The van der Waals surface area contributed by atoms with Gasteiger partial charge in [0, 0.05) is 69.1 Å². The van der Waals surface area contributed by atoms with Gasteiger partial charge in [0.15, 0.2) is 5.82 Å². The lowest BCUT2D eigenvalue weighted by Crippen LogP contribution is -2.43. The number of carbonyl (C=O) groups is 2. The number of halogens is 2. The summed E-state index contributed by atoms with van der Waals surface area (Å²) in [4.78, 5) is 33.4. The molecule has 0 radical (unpaired) electrons. The number of amides is 2. The number of piperazine rings is 1. The summed E-state index contributed by atoms with van der Waals surface area (Å²) in [5.74, 6) is -0.535. The molecule has 1 aliphatic heterocycles. The minimum absolute atomic E-state index is 0.139. The van der Waals surface area contributed by atoms with Gasteiger partial charge in [-0.3, -0.25) is 9.59 Å². The number of nitrogens with one attached hydrogen (secondary N) is 2. The number of benzene rings is 2. The van der Waals surface area contributed by atoms with Crippen LogP contribution in [0.15, 0.2) is 42.6 Å². The first-order valence-electron chi connectivity index (χ1n) is 12.6. The molecule has 3 N–H and O–H groups in total. The highest BCUT2D eigenvalue weighted by molar-refractivity contribution is 6.34. The molecule has 206 valence electrons. The maximum Gasteiger partial charge on any atom is 0.222 e. The van der Waals surface area contributed by atoms with E-state index < -0.39 is 5.82 Å². The van der Waals surface area contributed by atoms with Crippen LogP contribution in [0.25, 0.3) is 22.3 Å². The number of hydrogen-bond donors (Lipinski definition) is 3. The lowest BCUT2D eigenvalue weighted by molar-refractivity contribution is -0.114. The van der Waals surface area contributed by atoms with Crippen LogP contribution in [0.5, 0.6) is 5.75 Å². The van der Waals surface area contributed by atoms with Crippen molar-refractivity contribution in [2.45, 2.75) is 6.92 Å². The molecule has 1 aliphatic rings. The van der Waals surface area contributed by atoms with E-state index in [1.165, 1.54) is 30.2 Å². The molecule has 3 aromatic rings. The van der Waals surface area contributed by atoms with Gasteiger partial charge in [0.1, 0.15) is 11.6 Å². The van der Waals surface area contributed by atoms with Crippen LogP contribution in [0.4, 0.5) is 21.6 Å². The summed E-state index contributed by atoms with van der Waals surface area (Å²) < 4.78 is 14.9. The fourth-order valence-corrected chi connectivity index (χ4v) is 4.78. The van der Waals surface area contributed by atoms with Gasteiger partial charge in [0.05, 0.1) is 16.4 Å². The average molecular weight is 555 g/mol. The topological polar surface area (TPSA) is 101 Å². The van der Waals surface area contributed by atoms with Crippen LogP contribution in [-0.2, 0) is 9.59 Å². The van der Waals surface area contributed by atoms with Crippen molar-refractivity contribution < 1.29 is 19.1 Å². The largest absolute Gasteiger partial charge is 0.507 e. The highest BCUT2D eigenvalue weighted by atomic mass is 35.5. The summed E-state index contributed by atoms with van der Waals surface area (Å²) >= 11 is 6.54. The zero-order valence-electron chi connectivity index (χ0n) is 22.2. The molecule has 1 fully saturated rings. The molecule has 9 nitrogen and oxygen atoms in total. The van der Waals surface area contributed by atoms with Gasteiger partial charge in [-0.1, -0.05) is 17.7 Å². The summed E-state index contributed by atoms with van der Waals surface area (Å²) in [6.45, 7) is 5.45. The molecule has 2 amide bonds. The van der Waals surface area contributed by atoms with Crippen LogP contribution in [-0.4, -0.2) is 80.7 Å². The number of phenolic OH excluding ortho intramolecular Hbond substituents is 1. The minimum atomic E-state index is -0.548. The highest BCUT2D eigenvalue weighted by Gasteiger charge is 2.21. The molecule has 39 heavy (non-hydrogen) atoms.